The summed E-state index contributed by atoms with van der Waals surface area (Å²) in [5, 5.41) is 0. The number of ether oxygens (including phenoxy) is 2. The van der Waals surface area contributed by atoms with Crippen LogP contribution in [0.3, 0.4) is 0 Å². The summed E-state index contributed by atoms with van der Waals surface area (Å²) in [5.74, 6) is -0.811. The molecule has 0 fully saturated rings. The maximum absolute atomic E-state index is 12.9. The number of rotatable bonds is 68. The fraction of sp³-hybridized carbons (Fsp3) is 0.840. The molecule has 0 aliphatic rings. The van der Waals surface area contributed by atoms with Gasteiger partial charge in [0.05, 0.1) is 27.7 Å². The molecule has 0 bridgehead atoms. The molecule has 0 aliphatic heterocycles. The number of phosphoric ester groups is 1. The minimum absolute atomic E-state index is 0.0279. The minimum Gasteiger partial charge on any atom is -0.756 e. The third-order valence-electron chi connectivity index (χ3n) is 16.3. The number of esters is 2. The quantitative estimate of drug-likeness (QED) is 0.0195. The number of phosphoric acid groups is 1. The van der Waals surface area contributed by atoms with Gasteiger partial charge >= 0.3 is 11.9 Å². The summed E-state index contributed by atoms with van der Waals surface area (Å²) in [7, 11) is 1.19. The smallest absolute Gasteiger partial charge is 0.306 e. The molecule has 0 saturated carbocycles. The highest BCUT2D eigenvalue weighted by Gasteiger charge is 2.22. The van der Waals surface area contributed by atoms with Crippen LogP contribution in [0.1, 0.15) is 354 Å². The van der Waals surface area contributed by atoms with Crippen LogP contribution in [-0.2, 0) is 32.7 Å². The van der Waals surface area contributed by atoms with Gasteiger partial charge < -0.3 is 27.9 Å². The number of nitrogens with zero attached hydrogens (tertiary/aromatic N) is 1. The van der Waals surface area contributed by atoms with E-state index < -0.39 is 26.5 Å². The fourth-order valence-electron chi connectivity index (χ4n) is 10.7. The Morgan fingerprint density at radius 1 is 0.376 bits per heavy atom. The average Bonchev–Trinajstić information content (AvgIpc) is 3.50. The Hall–Kier alpha value is -2.29. The minimum atomic E-state index is -4.64. The van der Waals surface area contributed by atoms with Crippen LogP contribution in [0, 0.1) is 0 Å². The number of hydrogen-bond donors (Lipinski definition) is 0. The zero-order valence-corrected chi connectivity index (χ0v) is 57.7. The third kappa shape index (κ3) is 70.7. The van der Waals surface area contributed by atoms with E-state index in [1.165, 1.54) is 257 Å². The first-order valence-corrected chi connectivity index (χ1v) is 38.0. The molecule has 0 rings (SSSR count). The average molecular weight is 1210 g/mol. The maximum Gasteiger partial charge on any atom is 0.306 e. The summed E-state index contributed by atoms with van der Waals surface area (Å²) in [6.07, 6.45) is 87.5. The zero-order valence-electron chi connectivity index (χ0n) is 56.8. The Morgan fingerprint density at radius 3 is 1.00 bits per heavy atom. The highest BCUT2D eigenvalue weighted by Crippen LogP contribution is 2.38. The van der Waals surface area contributed by atoms with E-state index in [1.54, 1.807) is 0 Å². The van der Waals surface area contributed by atoms with Crippen LogP contribution >= 0.6 is 7.82 Å². The van der Waals surface area contributed by atoms with Gasteiger partial charge in [0.25, 0.3) is 7.82 Å². The van der Waals surface area contributed by atoms with Crippen molar-refractivity contribution in [3.8, 4) is 0 Å². The lowest BCUT2D eigenvalue weighted by Gasteiger charge is -2.28. The molecule has 0 spiro atoms. The molecule has 2 atom stereocenters. The van der Waals surface area contributed by atoms with Crippen molar-refractivity contribution in [2.45, 2.75) is 360 Å². The van der Waals surface area contributed by atoms with Gasteiger partial charge in [0, 0.05) is 12.8 Å². The van der Waals surface area contributed by atoms with Crippen LogP contribution in [-0.4, -0.2) is 70.0 Å². The second kappa shape index (κ2) is 66.1. The first-order chi connectivity index (χ1) is 41.5. The molecule has 10 heteroatoms. The van der Waals surface area contributed by atoms with Crippen LogP contribution in [0.15, 0.2) is 60.8 Å². The fourth-order valence-corrected chi connectivity index (χ4v) is 11.5. The Morgan fingerprint density at radius 2 is 0.671 bits per heavy atom. The first kappa shape index (κ1) is 82.7. The lowest BCUT2D eigenvalue weighted by molar-refractivity contribution is -0.870. The summed E-state index contributed by atoms with van der Waals surface area (Å²) in [6, 6.07) is 0. The van der Waals surface area contributed by atoms with Crippen molar-refractivity contribution >= 4 is 19.8 Å². The predicted molar refractivity (Wildman–Crippen MR) is 365 cm³/mol. The zero-order chi connectivity index (χ0) is 61.9. The van der Waals surface area contributed by atoms with Crippen LogP contribution in [0.2, 0.25) is 0 Å². The van der Waals surface area contributed by atoms with Gasteiger partial charge in [-0.05, 0) is 57.8 Å². The lowest BCUT2D eigenvalue weighted by atomic mass is 10.0. The SMILES string of the molecule is CC/C=C\C/C=C\C/C=C\C/C=C\C/C=C\CCCCCCCCCCCCCCCCCCCCCCCCCC(=O)OC(COC(=O)CCCCCCCCCCCCCCCCCCCCCCCC)COP(=O)([O-])OCC[N+](C)(C)C. The number of allylic oxidation sites excluding steroid dienone is 10. The molecular formula is C75H140NO8P. The first-order valence-electron chi connectivity index (χ1n) is 36.5. The van der Waals surface area contributed by atoms with Gasteiger partial charge in [-0.15, -0.1) is 0 Å². The van der Waals surface area contributed by atoms with Gasteiger partial charge in [0.2, 0.25) is 0 Å². The molecule has 0 radical (unpaired) electrons. The second-order valence-corrected chi connectivity index (χ2v) is 27.3. The molecule has 2 unspecified atom stereocenters. The molecule has 9 nitrogen and oxygen atoms in total. The number of hydrogen-bond acceptors (Lipinski definition) is 8. The van der Waals surface area contributed by atoms with Crippen LogP contribution < -0.4 is 4.89 Å². The van der Waals surface area contributed by atoms with E-state index in [2.05, 4.69) is 74.6 Å². The molecule has 0 heterocycles. The molecule has 0 aromatic carbocycles. The molecule has 0 aliphatic carbocycles. The normalized spacial score (nSPS) is 13.4. The molecule has 0 aromatic rings. The number of likely N-dealkylation sites (N-methyl/N-ethyl adjacent to an activating group) is 1. The monoisotopic (exact) mass is 1210 g/mol. The standard InChI is InChI=1S/C75H140NO8P/c1-6-8-10-12-14-16-18-20-22-24-26-28-30-31-32-33-34-35-36-37-38-39-40-41-42-43-44-45-46-48-50-52-54-56-58-60-62-64-66-68-75(78)84-73(72-83-85(79,80)82-70-69-76(3,4)5)71-81-74(77)67-65-63-61-59-57-55-53-51-49-47-29-27-25-23-21-19-17-15-13-11-9-7-2/h8,10,14,16,20,22,26,28,31-32,73H,6-7,9,11-13,15,17-19,21,23-25,27,29-30,33-72H2,1-5H3/b10-8-,16-14-,22-20-,28-26-,32-31-. The van der Waals surface area contributed by atoms with Gasteiger partial charge in [-0.3, -0.25) is 14.2 Å². The van der Waals surface area contributed by atoms with Gasteiger partial charge in [-0.25, -0.2) is 0 Å². The summed E-state index contributed by atoms with van der Waals surface area (Å²) in [5.41, 5.74) is 0. The molecule has 0 aromatic heterocycles. The van der Waals surface area contributed by atoms with Crippen molar-refractivity contribution in [1.82, 2.24) is 0 Å². The highest BCUT2D eigenvalue weighted by atomic mass is 31.2. The number of carbonyl (C=O) groups excluding carboxylic acids is 2. The second-order valence-electron chi connectivity index (χ2n) is 25.9. The topological polar surface area (TPSA) is 111 Å². The van der Waals surface area contributed by atoms with E-state index in [9.17, 15) is 19.0 Å². The van der Waals surface area contributed by atoms with Crippen molar-refractivity contribution in [3.63, 3.8) is 0 Å². The predicted octanol–water partition coefficient (Wildman–Crippen LogP) is 23.1. The number of quaternary nitrogens is 1. The molecule has 0 N–H and O–H groups in total. The number of unbranched alkanes of at least 4 members (excludes halogenated alkanes) is 44. The van der Waals surface area contributed by atoms with E-state index in [-0.39, 0.29) is 32.0 Å². The van der Waals surface area contributed by atoms with Crippen molar-refractivity contribution < 1.29 is 42.1 Å². The van der Waals surface area contributed by atoms with E-state index in [1.807, 2.05) is 21.1 Å². The van der Waals surface area contributed by atoms with Gasteiger partial charge in [-0.2, -0.15) is 0 Å². The van der Waals surface area contributed by atoms with E-state index in [0.717, 1.165) is 64.2 Å². The summed E-state index contributed by atoms with van der Waals surface area (Å²) < 4.78 is 34.3. The van der Waals surface area contributed by atoms with Gasteiger partial charge in [0.1, 0.15) is 19.8 Å². The molecule has 498 valence electrons. The van der Waals surface area contributed by atoms with Gasteiger partial charge in [-0.1, -0.05) is 344 Å². The van der Waals surface area contributed by atoms with Crippen molar-refractivity contribution in [3.05, 3.63) is 60.8 Å². The van der Waals surface area contributed by atoms with Gasteiger partial charge in [0.15, 0.2) is 6.10 Å². The van der Waals surface area contributed by atoms with Crippen LogP contribution in [0.5, 0.6) is 0 Å². The molecular weight excluding hydrogens is 1070 g/mol. The Balaban J connectivity index is 3.92. The Bertz CT molecular complexity index is 1620. The third-order valence-corrected chi connectivity index (χ3v) is 17.3. The van der Waals surface area contributed by atoms with Crippen molar-refractivity contribution in [2.24, 2.45) is 0 Å². The molecule has 85 heavy (non-hydrogen) atoms. The molecule has 0 amide bonds. The van der Waals surface area contributed by atoms with Crippen molar-refractivity contribution in [2.75, 3.05) is 47.5 Å². The van der Waals surface area contributed by atoms with E-state index in [4.69, 9.17) is 18.5 Å². The maximum atomic E-state index is 12.9. The number of carbonyl (C=O) groups is 2. The summed E-state index contributed by atoms with van der Waals surface area (Å²) in [4.78, 5) is 38.1. The van der Waals surface area contributed by atoms with Crippen LogP contribution in [0.25, 0.3) is 0 Å². The lowest BCUT2D eigenvalue weighted by Crippen LogP contribution is -2.37. The van der Waals surface area contributed by atoms with Crippen molar-refractivity contribution in [1.29, 1.82) is 0 Å². The summed E-state index contributed by atoms with van der Waals surface area (Å²) in [6.45, 7) is 4.19. The summed E-state index contributed by atoms with van der Waals surface area (Å²) >= 11 is 0. The van der Waals surface area contributed by atoms with Crippen LogP contribution in [0.4, 0.5) is 0 Å². The largest absolute Gasteiger partial charge is 0.756 e. The highest BCUT2D eigenvalue weighted by molar-refractivity contribution is 7.45. The Labute approximate surface area is 527 Å². The molecule has 0 saturated heterocycles. The van der Waals surface area contributed by atoms with E-state index in [0.29, 0.717) is 17.4 Å². The van der Waals surface area contributed by atoms with E-state index >= 15 is 0 Å². The Kier molecular flexibility index (Phi) is 64.4.